The highest BCUT2D eigenvalue weighted by Gasteiger charge is 2.35. The minimum Gasteiger partial charge on any atom is -0.497 e. The smallest absolute Gasteiger partial charge is 0.119 e. The Bertz CT molecular complexity index is 444. The molecule has 2 unspecified atom stereocenters. The SMILES string of the molecule is COc1cccc(CCN2CC(C3CC3)NCC2C)c1. The van der Waals surface area contributed by atoms with Gasteiger partial charge in [-0.1, -0.05) is 12.1 Å². The van der Waals surface area contributed by atoms with Crippen LogP contribution in [0.15, 0.2) is 24.3 Å². The molecule has 2 fully saturated rings. The zero-order valence-electron chi connectivity index (χ0n) is 12.6. The molecule has 20 heavy (non-hydrogen) atoms. The number of methoxy groups -OCH3 is 1. The summed E-state index contributed by atoms with van der Waals surface area (Å²) >= 11 is 0. The third kappa shape index (κ3) is 3.33. The number of hydrogen-bond acceptors (Lipinski definition) is 3. The summed E-state index contributed by atoms with van der Waals surface area (Å²) in [5.74, 6) is 1.91. The summed E-state index contributed by atoms with van der Waals surface area (Å²) in [5, 5.41) is 3.72. The van der Waals surface area contributed by atoms with Crippen molar-refractivity contribution in [2.75, 3.05) is 26.7 Å². The number of benzene rings is 1. The van der Waals surface area contributed by atoms with Gasteiger partial charge < -0.3 is 10.1 Å². The van der Waals surface area contributed by atoms with E-state index in [9.17, 15) is 0 Å². The Morgan fingerprint density at radius 2 is 2.20 bits per heavy atom. The number of nitrogens with one attached hydrogen (secondary N) is 1. The van der Waals surface area contributed by atoms with E-state index in [-0.39, 0.29) is 0 Å². The number of piperazine rings is 1. The van der Waals surface area contributed by atoms with Crippen LogP contribution in [0.25, 0.3) is 0 Å². The molecule has 2 atom stereocenters. The van der Waals surface area contributed by atoms with Gasteiger partial charge in [0.15, 0.2) is 0 Å². The first-order valence-corrected chi connectivity index (χ1v) is 7.86. The highest BCUT2D eigenvalue weighted by Crippen LogP contribution is 2.34. The van der Waals surface area contributed by atoms with Crippen molar-refractivity contribution in [1.29, 1.82) is 0 Å². The van der Waals surface area contributed by atoms with Crippen LogP contribution in [0.3, 0.4) is 0 Å². The quantitative estimate of drug-likeness (QED) is 0.892. The van der Waals surface area contributed by atoms with Gasteiger partial charge in [0.25, 0.3) is 0 Å². The van der Waals surface area contributed by atoms with E-state index in [1.54, 1.807) is 7.11 Å². The standard InChI is InChI=1S/C17H26N2O/c1-13-11-18-17(15-6-7-15)12-19(13)9-8-14-4-3-5-16(10-14)20-2/h3-5,10,13,15,17-18H,6-9,11-12H2,1-2H3. The second kappa shape index (κ2) is 6.15. The third-order valence-electron chi connectivity index (χ3n) is 4.74. The van der Waals surface area contributed by atoms with Gasteiger partial charge in [0.1, 0.15) is 5.75 Å². The molecule has 1 saturated heterocycles. The van der Waals surface area contributed by atoms with E-state index < -0.39 is 0 Å². The molecule has 1 N–H and O–H groups in total. The van der Waals surface area contributed by atoms with E-state index >= 15 is 0 Å². The van der Waals surface area contributed by atoms with Crippen molar-refractivity contribution in [3.05, 3.63) is 29.8 Å². The second-order valence-corrected chi connectivity index (χ2v) is 6.30. The Hall–Kier alpha value is -1.06. The molecule has 110 valence electrons. The lowest BCUT2D eigenvalue weighted by Crippen LogP contribution is -2.56. The van der Waals surface area contributed by atoms with Gasteiger partial charge in [-0.3, -0.25) is 4.90 Å². The Morgan fingerprint density at radius 3 is 2.95 bits per heavy atom. The monoisotopic (exact) mass is 274 g/mol. The molecule has 1 aliphatic carbocycles. The minimum atomic E-state index is 0.649. The number of rotatable bonds is 5. The largest absolute Gasteiger partial charge is 0.497 e. The highest BCUT2D eigenvalue weighted by atomic mass is 16.5. The van der Waals surface area contributed by atoms with Crippen molar-refractivity contribution < 1.29 is 4.74 Å². The average molecular weight is 274 g/mol. The Balaban J connectivity index is 1.55. The molecule has 2 aliphatic rings. The zero-order valence-corrected chi connectivity index (χ0v) is 12.6. The molecule has 1 aromatic rings. The molecule has 1 aliphatic heterocycles. The molecule has 0 aromatic heterocycles. The summed E-state index contributed by atoms with van der Waals surface area (Å²) < 4.78 is 5.30. The van der Waals surface area contributed by atoms with Crippen LogP contribution in [0.5, 0.6) is 5.75 Å². The Kier molecular flexibility index (Phi) is 4.27. The maximum Gasteiger partial charge on any atom is 0.119 e. The first-order chi connectivity index (χ1) is 9.76. The molecule has 3 nitrogen and oxygen atoms in total. The van der Waals surface area contributed by atoms with Crippen molar-refractivity contribution in [2.24, 2.45) is 5.92 Å². The predicted molar refractivity (Wildman–Crippen MR) is 82.2 cm³/mol. The van der Waals surface area contributed by atoms with Crippen molar-refractivity contribution in [3.8, 4) is 5.75 Å². The fourth-order valence-electron chi connectivity index (χ4n) is 3.17. The minimum absolute atomic E-state index is 0.649. The lowest BCUT2D eigenvalue weighted by Gasteiger charge is -2.39. The first-order valence-electron chi connectivity index (χ1n) is 7.86. The summed E-state index contributed by atoms with van der Waals surface area (Å²) in [6, 6.07) is 9.84. The van der Waals surface area contributed by atoms with Gasteiger partial charge in [0.05, 0.1) is 7.11 Å². The van der Waals surface area contributed by atoms with Gasteiger partial charge in [-0.2, -0.15) is 0 Å². The first kappa shape index (κ1) is 13.9. The number of hydrogen-bond donors (Lipinski definition) is 1. The lowest BCUT2D eigenvalue weighted by atomic mass is 10.0. The van der Waals surface area contributed by atoms with E-state index in [0.717, 1.165) is 37.2 Å². The summed E-state index contributed by atoms with van der Waals surface area (Å²) in [6.07, 6.45) is 3.96. The summed E-state index contributed by atoms with van der Waals surface area (Å²) in [6.45, 7) is 5.84. The Morgan fingerprint density at radius 1 is 1.35 bits per heavy atom. The van der Waals surface area contributed by atoms with Gasteiger partial charge in [-0.05, 0) is 49.8 Å². The average Bonchev–Trinajstić information content (AvgIpc) is 3.31. The van der Waals surface area contributed by atoms with Crippen molar-refractivity contribution in [2.45, 2.75) is 38.3 Å². The van der Waals surface area contributed by atoms with E-state index in [1.807, 2.05) is 6.07 Å². The fraction of sp³-hybridized carbons (Fsp3) is 0.647. The van der Waals surface area contributed by atoms with E-state index in [0.29, 0.717) is 6.04 Å². The van der Waals surface area contributed by atoms with Crippen molar-refractivity contribution in [3.63, 3.8) is 0 Å². The maximum absolute atomic E-state index is 5.30. The molecule has 1 heterocycles. The topological polar surface area (TPSA) is 24.5 Å². The molecular weight excluding hydrogens is 248 g/mol. The van der Waals surface area contributed by atoms with E-state index in [2.05, 4.69) is 35.3 Å². The van der Waals surface area contributed by atoms with Crippen molar-refractivity contribution >= 4 is 0 Å². The third-order valence-corrected chi connectivity index (χ3v) is 4.74. The molecule has 3 rings (SSSR count). The van der Waals surface area contributed by atoms with Crippen LogP contribution < -0.4 is 10.1 Å². The summed E-state index contributed by atoms with van der Waals surface area (Å²) in [4.78, 5) is 2.65. The van der Waals surface area contributed by atoms with Gasteiger partial charge in [0, 0.05) is 31.7 Å². The van der Waals surface area contributed by atoms with Crippen LogP contribution in [0.4, 0.5) is 0 Å². The molecule has 0 bridgehead atoms. The highest BCUT2D eigenvalue weighted by molar-refractivity contribution is 5.28. The van der Waals surface area contributed by atoms with Crippen LogP contribution >= 0.6 is 0 Å². The van der Waals surface area contributed by atoms with Gasteiger partial charge >= 0.3 is 0 Å². The molecule has 0 amide bonds. The van der Waals surface area contributed by atoms with Crippen LogP contribution in [0, 0.1) is 5.92 Å². The Labute approximate surface area is 122 Å². The number of nitrogens with zero attached hydrogens (tertiary/aromatic N) is 1. The maximum atomic E-state index is 5.30. The molecule has 1 aromatic carbocycles. The van der Waals surface area contributed by atoms with E-state index in [4.69, 9.17) is 4.74 Å². The van der Waals surface area contributed by atoms with Gasteiger partial charge in [-0.25, -0.2) is 0 Å². The molecule has 3 heteroatoms. The molecular formula is C17H26N2O. The predicted octanol–water partition coefficient (Wildman–Crippen LogP) is 2.31. The van der Waals surface area contributed by atoms with Crippen LogP contribution in [0.1, 0.15) is 25.3 Å². The van der Waals surface area contributed by atoms with Crippen LogP contribution in [-0.4, -0.2) is 43.7 Å². The molecule has 1 saturated carbocycles. The van der Waals surface area contributed by atoms with Gasteiger partial charge in [0.2, 0.25) is 0 Å². The summed E-state index contributed by atoms with van der Waals surface area (Å²) in [5.41, 5.74) is 1.37. The molecule has 0 spiro atoms. The van der Waals surface area contributed by atoms with E-state index in [1.165, 1.54) is 24.9 Å². The number of ether oxygens (including phenoxy) is 1. The lowest BCUT2D eigenvalue weighted by molar-refractivity contribution is 0.134. The zero-order chi connectivity index (χ0) is 13.9. The van der Waals surface area contributed by atoms with Crippen molar-refractivity contribution in [1.82, 2.24) is 10.2 Å². The van der Waals surface area contributed by atoms with Gasteiger partial charge in [-0.15, -0.1) is 0 Å². The summed E-state index contributed by atoms with van der Waals surface area (Å²) in [7, 11) is 1.73. The van der Waals surface area contributed by atoms with Crippen LogP contribution in [0.2, 0.25) is 0 Å². The van der Waals surface area contributed by atoms with Crippen LogP contribution in [-0.2, 0) is 6.42 Å². The second-order valence-electron chi connectivity index (χ2n) is 6.30. The fourth-order valence-corrected chi connectivity index (χ4v) is 3.17. The normalized spacial score (nSPS) is 27.5. The molecule has 0 radical (unpaired) electrons.